The second kappa shape index (κ2) is 11.5. The van der Waals surface area contributed by atoms with Crippen molar-refractivity contribution in [1.82, 2.24) is 14.9 Å². The topological polar surface area (TPSA) is 105 Å². The molecule has 0 saturated carbocycles. The molecule has 3 aromatic rings. The van der Waals surface area contributed by atoms with Crippen LogP contribution in [0.5, 0.6) is 0 Å². The number of carbonyl (C=O) groups excluding carboxylic acids is 2. The van der Waals surface area contributed by atoms with Crippen LogP contribution in [0.2, 0.25) is 0 Å². The molecule has 3 unspecified atom stereocenters. The van der Waals surface area contributed by atoms with Crippen molar-refractivity contribution in [3.8, 4) is 0 Å². The highest BCUT2D eigenvalue weighted by atomic mass is 32.2. The summed E-state index contributed by atoms with van der Waals surface area (Å²) in [5, 5.41) is 6.75. The summed E-state index contributed by atoms with van der Waals surface area (Å²) in [6.45, 7) is 4.66. The minimum atomic E-state index is -3.64. The summed E-state index contributed by atoms with van der Waals surface area (Å²) in [6, 6.07) is 17.1. The largest absolute Gasteiger partial charge is 0.374 e. The Kier molecular flexibility index (Phi) is 8.40. The Balaban J connectivity index is 1.38. The molecule has 0 aliphatic carbocycles. The Hall–Kier alpha value is -2.79. The molecular formula is C26H31N3O5S2. The minimum absolute atomic E-state index is 0.0921. The van der Waals surface area contributed by atoms with Gasteiger partial charge in [0.25, 0.3) is 5.91 Å². The molecule has 4 rings (SSSR count). The van der Waals surface area contributed by atoms with Crippen molar-refractivity contribution in [2.24, 2.45) is 5.92 Å². The summed E-state index contributed by atoms with van der Waals surface area (Å²) in [7, 11) is -3.64. The van der Waals surface area contributed by atoms with E-state index >= 15 is 0 Å². The van der Waals surface area contributed by atoms with Crippen LogP contribution in [0.15, 0.2) is 65.6 Å². The number of fused-ring (bicyclic) bond motifs is 1. The molecule has 1 fully saturated rings. The zero-order valence-corrected chi connectivity index (χ0v) is 22.0. The van der Waals surface area contributed by atoms with Gasteiger partial charge in [-0.25, -0.2) is 8.42 Å². The van der Waals surface area contributed by atoms with Gasteiger partial charge >= 0.3 is 0 Å². The van der Waals surface area contributed by atoms with Crippen LogP contribution in [-0.4, -0.2) is 62.9 Å². The number of hydrogen-bond donors (Lipinski definition) is 2. The number of rotatable bonds is 9. The van der Waals surface area contributed by atoms with Gasteiger partial charge in [0.2, 0.25) is 15.9 Å². The first-order valence-corrected chi connectivity index (χ1v) is 14.3. The molecule has 0 radical (unpaired) electrons. The minimum Gasteiger partial charge on any atom is -0.374 e. The Morgan fingerprint density at radius 1 is 1.14 bits per heavy atom. The van der Waals surface area contributed by atoms with Crippen LogP contribution < -0.4 is 10.6 Å². The van der Waals surface area contributed by atoms with E-state index in [0.717, 1.165) is 10.1 Å². The number of morpholine rings is 1. The number of sulfonamides is 1. The Bertz CT molecular complexity index is 1280. The number of hydrogen-bond acceptors (Lipinski definition) is 6. The standard InChI is InChI=1S/C26H31N3O5S2/c1-3-18(2)24(28-25(30)23-15-19-9-7-8-12-22(19)35-23)26(31)27-16-20-17-29(13-14-34-20)36(32,33)21-10-5-4-6-11-21/h4-12,15,18,20,24H,3,13-14,16-17H2,1-2H3,(H,27,31)(H,28,30). The molecule has 3 atom stereocenters. The first-order valence-electron chi connectivity index (χ1n) is 12.0. The maximum absolute atomic E-state index is 13.1. The second-order valence-corrected chi connectivity index (χ2v) is 11.9. The van der Waals surface area contributed by atoms with E-state index < -0.39 is 22.2 Å². The molecule has 0 bridgehead atoms. The molecule has 2 aromatic carbocycles. The Morgan fingerprint density at radius 2 is 1.86 bits per heavy atom. The average Bonchev–Trinajstić information content (AvgIpc) is 3.35. The third kappa shape index (κ3) is 5.95. The van der Waals surface area contributed by atoms with Crippen LogP contribution in [-0.2, 0) is 19.6 Å². The van der Waals surface area contributed by atoms with E-state index in [2.05, 4.69) is 10.6 Å². The van der Waals surface area contributed by atoms with Crippen molar-refractivity contribution in [2.75, 3.05) is 26.2 Å². The van der Waals surface area contributed by atoms with Crippen LogP contribution in [0.3, 0.4) is 0 Å². The number of nitrogens with one attached hydrogen (secondary N) is 2. The lowest BCUT2D eigenvalue weighted by Crippen LogP contribution is -2.54. The van der Waals surface area contributed by atoms with Crippen LogP contribution >= 0.6 is 11.3 Å². The third-order valence-electron chi connectivity index (χ3n) is 6.42. The van der Waals surface area contributed by atoms with Gasteiger partial charge in [0.1, 0.15) is 6.04 Å². The number of carbonyl (C=O) groups is 2. The maximum Gasteiger partial charge on any atom is 0.262 e. The van der Waals surface area contributed by atoms with Crippen molar-refractivity contribution < 1.29 is 22.7 Å². The molecule has 8 nitrogen and oxygen atoms in total. The van der Waals surface area contributed by atoms with Crippen LogP contribution in [0.1, 0.15) is 29.9 Å². The molecule has 36 heavy (non-hydrogen) atoms. The number of ether oxygens (including phenoxy) is 1. The summed E-state index contributed by atoms with van der Waals surface area (Å²) < 4.78 is 34.1. The molecule has 2 amide bonds. The molecule has 0 spiro atoms. The zero-order valence-electron chi connectivity index (χ0n) is 20.3. The maximum atomic E-state index is 13.1. The summed E-state index contributed by atoms with van der Waals surface area (Å²) in [6.07, 6.45) is 0.213. The fraction of sp³-hybridized carbons (Fsp3) is 0.385. The predicted molar refractivity (Wildman–Crippen MR) is 140 cm³/mol. The molecule has 192 valence electrons. The third-order valence-corrected chi connectivity index (χ3v) is 9.41. The normalized spacial score (nSPS) is 18.4. The number of benzene rings is 2. The van der Waals surface area contributed by atoms with E-state index in [1.54, 1.807) is 30.3 Å². The van der Waals surface area contributed by atoms with Crippen molar-refractivity contribution in [1.29, 1.82) is 0 Å². The van der Waals surface area contributed by atoms with Crippen LogP contribution in [0.25, 0.3) is 10.1 Å². The van der Waals surface area contributed by atoms with Gasteiger partial charge in [0.15, 0.2) is 0 Å². The van der Waals surface area contributed by atoms with Crippen molar-refractivity contribution >= 4 is 43.3 Å². The molecule has 1 aromatic heterocycles. The highest BCUT2D eigenvalue weighted by Gasteiger charge is 2.32. The van der Waals surface area contributed by atoms with E-state index in [9.17, 15) is 18.0 Å². The van der Waals surface area contributed by atoms with E-state index in [1.807, 2.05) is 44.2 Å². The fourth-order valence-electron chi connectivity index (χ4n) is 4.11. The summed E-state index contributed by atoms with van der Waals surface area (Å²) in [5.74, 6) is -0.693. The summed E-state index contributed by atoms with van der Waals surface area (Å²) in [5.41, 5.74) is 0. The van der Waals surface area contributed by atoms with E-state index in [1.165, 1.54) is 15.6 Å². The zero-order chi connectivity index (χ0) is 25.7. The number of thiophene rings is 1. The number of nitrogens with zero attached hydrogens (tertiary/aromatic N) is 1. The second-order valence-electron chi connectivity index (χ2n) is 8.90. The van der Waals surface area contributed by atoms with Gasteiger partial charge in [-0.2, -0.15) is 4.31 Å². The average molecular weight is 530 g/mol. The number of amides is 2. The first-order chi connectivity index (χ1) is 17.3. The predicted octanol–water partition coefficient (Wildman–Crippen LogP) is 3.25. The van der Waals surface area contributed by atoms with Gasteiger partial charge in [0.05, 0.1) is 22.5 Å². The van der Waals surface area contributed by atoms with Gasteiger partial charge in [-0.15, -0.1) is 11.3 Å². The Morgan fingerprint density at radius 3 is 2.58 bits per heavy atom. The molecule has 1 saturated heterocycles. The van der Waals surface area contributed by atoms with E-state index in [-0.39, 0.29) is 48.9 Å². The van der Waals surface area contributed by atoms with E-state index in [4.69, 9.17) is 4.74 Å². The first kappa shape index (κ1) is 26.3. The SMILES string of the molecule is CCC(C)C(NC(=O)c1cc2ccccc2s1)C(=O)NCC1CN(S(=O)(=O)c2ccccc2)CCO1. The van der Waals surface area contributed by atoms with Gasteiger partial charge in [-0.1, -0.05) is 56.7 Å². The van der Waals surface area contributed by atoms with Gasteiger partial charge in [-0.05, 0) is 35.6 Å². The van der Waals surface area contributed by atoms with Crippen molar-refractivity contribution in [3.63, 3.8) is 0 Å². The lowest BCUT2D eigenvalue weighted by molar-refractivity contribution is -0.125. The molecule has 1 aliphatic heterocycles. The fourth-order valence-corrected chi connectivity index (χ4v) is 6.55. The molecule has 1 aliphatic rings. The molecule has 10 heteroatoms. The monoisotopic (exact) mass is 529 g/mol. The van der Waals surface area contributed by atoms with Gasteiger partial charge < -0.3 is 15.4 Å². The smallest absolute Gasteiger partial charge is 0.262 e. The highest BCUT2D eigenvalue weighted by Crippen LogP contribution is 2.25. The Labute approximate surface area is 215 Å². The van der Waals surface area contributed by atoms with Gasteiger partial charge in [0, 0.05) is 24.3 Å². The lowest BCUT2D eigenvalue weighted by atomic mass is 9.98. The lowest BCUT2D eigenvalue weighted by Gasteiger charge is -2.32. The molecule has 2 N–H and O–H groups in total. The molecular weight excluding hydrogens is 498 g/mol. The molecule has 2 heterocycles. The van der Waals surface area contributed by atoms with Crippen LogP contribution in [0, 0.1) is 5.92 Å². The van der Waals surface area contributed by atoms with E-state index in [0.29, 0.717) is 11.3 Å². The highest BCUT2D eigenvalue weighted by molar-refractivity contribution is 7.89. The van der Waals surface area contributed by atoms with Crippen molar-refractivity contribution in [2.45, 2.75) is 37.3 Å². The van der Waals surface area contributed by atoms with Gasteiger partial charge in [-0.3, -0.25) is 9.59 Å². The van der Waals surface area contributed by atoms with Crippen LogP contribution in [0.4, 0.5) is 0 Å². The quantitative estimate of drug-likeness (QED) is 0.443. The summed E-state index contributed by atoms with van der Waals surface area (Å²) >= 11 is 1.39. The van der Waals surface area contributed by atoms with Crippen molar-refractivity contribution in [3.05, 3.63) is 65.5 Å². The summed E-state index contributed by atoms with van der Waals surface area (Å²) in [4.78, 5) is 26.9.